The molecule has 1 amide bonds. The Morgan fingerprint density at radius 2 is 1.75 bits per heavy atom. The zero-order valence-corrected chi connectivity index (χ0v) is 21.0. The molecule has 0 bridgehead atoms. The molecule has 1 saturated heterocycles. The zero-order valence-electron chi connectivity index (χ0n) is 20.2. The number of para-hydroxylation sites is 1. The monoisotopic (exact) mass is 503 g/mol. The number of piperazine rings is 1. The van der Waals surface area contributed by atoms with Crippen LogP contribution in [-0.4, -0.2) is 54.1 Å². The summed E-state index contributed by atoms with van der Waals surface area (Å²) in [4.78, 5) is 45.0. The van der Waals surface area contributed by atoms with E-state index in [1.165, 1.54) is 11.3 Å². The topological polar surface area (TPSA) is 71.8 Å². The van der Waals surface area contributed by atoms with Crippen molar-refractivity contribution in [2.45, 2.75) is 38.1 Å². The van der Waals surface area contributed by atoms with Gasteiger partial charge in [0.15, 0.2) is 0 Å². The van der Waals surface area contributed by atoms with Gasteiger partial charge in [0.25, 0.3) is 11.5 Å². The van der Waals surface area contributed by atoms with E-state index in [9.17, 15) is 14.4 Å². The van der Waals surface area contributed by atoms with Crippen LogP contribution < -0.4 is 10.5 Å². The summed E-state index contributed by atoms with van der Waals surface area (Å²) in [6, 6.07) is 11.7. The number of thiophene rings is 1. The maximum Gasteiger partial charge on any atom is 0.346 e. The fraction of sp³-hybridized carbons (Fsp3) is 0.393. The first-order valence-corrected chi connectivity index (χ1v) is 13.6. The average molecular weight is 504 g/mol. The summed E-state index contributed by atoms with van der Waals surface area (Å²) >= 11 is 1.44. The van der Waals surface area contributed by atoms with Gasteiger partial charge in [0.05, 0.1) is 16.1 Å². The number of allylic oxidation sites excluding steroid dienone is 1. The van der Waals surface area contributed by atoms with Gasteiger partial charge in [0.1, 0.15) is 12.2 Å². The van der Waals surface area contributed by atoms with Crippen molar-refractivity contribution in [2.24, 2.45) is 0 Å². The predicted octanol–water partition coefficient (Wildman–Crippen LogP) is 4.63. The molecular weight excluding hydrogens is 474 g/mol. The summed E-state index contributed by atoms with van der Waals surface area (Å²) in [7, 11) is 0. The molecule has 3 aliphatic rings. The van der Waals surface area contributed by atoms with E-state index in [4.69, 9.17) is 4.74 Å². The molecule has 0 radical (unpaired) electrons. The minimum atomic E-state index is -0.558. The Hall–Kier alpha value is -3.39. The number of esters is 1. The standard InChI is InChI=1S/C28H29N3O4S/c32-26(23-10-5-17-36-23)30-15-13-29(14-16-30)25-21-8-3-4-9-22(21)31(20-6-1-2-7-20)27(33)24(25)28(34)35-18-19-11-12-19/h3-5,8-11,17,20H,1-2,6-7,12-16,18H2. The fourth-order valence-electron chi connectivity index (χ4n) is 5.50. The number of fused-ring (bicyclic) bond motifs is 1. The van der Waals surface area contributed by atoms with Crippen molar-refractivity contribution in [1.82, 2.24) is 9.47 Å². The molecule has 3 heterocycles. The van der Waals surface area contributed by atoms with E-state index in [0.717, 1.165) is 53.5 Å². The number of rotatable bonds is 6. The fourth-order valence-corrected chi connectivity index (χ4v) is 6.19. The summed E-state index contributed by atoms with van der Waals surface area (Å²) in [6.45, 7) is 2.37. The van der Waals surface area contributed by atoms with Crippen molar-refractivity contribution in [3.8, 4) is 0 Å². The third-order valence-electron chi connectivity index (χ3n) is 7.48. The maximum absolute atomic E-state index is 14.0. The number of nitrogens with zero attached hydrogens (tertiary/aromatic N) is 3. The summed E-state index contributed by atoms with van der Waals surface area (Å²) in [5.74, 6) is -0.527. The molecule has 0 N–H and O–H groups in total. The number of hydrogen-bond donors (Lipinski definition) is 0. The highest BCUT2D eigenvalue weighted by Crippen LogP contribution is 2.36. The first-order valence-electron chi connectivity index (χ1n) is 12.7. The molecule has 2 aromatic heterocycles. The largest absolute Gasteiger partial charge is 0.457 e. The SMILES string of the molecule is O=C(OCC1=CC1)c1c(N2CCN(C(=O)c3cccs3)CC2)c2ccccc2n(C2CCCC2)c1=O. The quantitative estimate of drug-likeness (QED) is 0.362. The van der Waals surface area contributed by atoms with Gasteiger partial charge >= 0.3 is 5.97 Å². The van der Waals surface area contributed by atoms with E-state index in [0.29, 0.717) is 31.9 Å². The minimum absolute atomic E-state index is 0.0310. The van der Waals surface area contributed by atoms with Crippen LogP contribution in [0.1, 0.15) is 58.2 Å². The van der Waals surface area contributed by atoms with E-state index < -0.39 is 5.97 Å². The van der Waals surface area contributed by atoms with Crippen LogP contribution >= 0.6 is 11.3 Å². The number of hydrogen-bond acceptors (Lipinski definition) is 6. The predicted molar refractivity (Wildman–Crippen MR) is 141 cm³/mol. The molecule has 0 unspecified atom stereocenters. The van der Waals surface area contributed by atoms with Crippen molar-refractivity contribution in [3.05, 3.63) is 74.2 Å². The highest BCUT2D eigenvalue weighted by atomic mass is 32.1. The van der Waals surface area contributed by atoms with Crippen molar-refractivity contribution in [2.75, 3.05) is 37.7 Å². The second-order valence-corrected chi connectivity index (χ2v) is 10.7. The smallest absolute Gasteiger partial charge is 0.346 e. The number of carbonyl (C=O) groups excluding carboxylic acids is 2. The highest BCUT2D eigenvalue weighted by molar-refractivity contribution is 7.12. The van der Waals surface area contributed by atoms with Crippen LogP contribution in [0.2, 0.25) is 0 Å². The molecule has 1 saturated carbocycles. The van der Waals surface area contributed by atoms with Gasteiger partial charge in [-0.25, -0.2) is 4.79 Å². The summed E-state index contributed by atoms with van der Waals surface area (Å²) in [6.07, 6.45) is 6.94. The molecule has 2 fully saturated rings. The average Bonchev–Trinajstić information content (AvgIpc) is 3.31. The third-order valence-corrected chi connectivity index (χ3v) is 8.34. The Morgan fingerprint density at radius 3 is 2.44 bits per heavy atom. The first-order chi connectivity index (χ1) is 17.6. The van der Waals surface area contributed by atoms with Crippen LogP contribution in [0.15, 0.2) is 58.2 Å². The Kier molecular flexibility index (Phi) is 6.13. The van der Waals surface area contributed by atoms with Crippen LogP contribution in [0.5, 0.6) is 0 Å². The molecule has 0 atom stereocenters. The molecular formula is C28H29N3O4S. The number of aromatic nitrogens is 1. The van der Waals surface area contributed by atoms with Crippen molar-refractivity contribution >= 4 is 39.8 Å². The Morgan fingerprint density at radius 1 is 1.00 bits per heavy atom. The van der Waals surface area contributed by atoms with E-state index in [1.807, 2.05) is 57.3 Å². The first kappa shape index (κ1) is 23.0. The van der Waals surface area contributed by atoms with Crippen molar-refractivity contribution in [3.63, 3.8) is 0 Å². The summed E-state index contributed by atoms with van der Waals surface area (Å²) in [5.41, 5.74) is 2.45. The van der Waals surface area contributed by atoms with E-state index in [-0.39, 0.29) is 29.7 Å². The Bertz CT molecular complexity index is 1390. The molecule has 36 heavy (non-hydrogen) atoms. The molecule has 6 rings (SSSR count). The number of benzene rings is 1. The lowest BCUT2D eigenvalue weighted by Gasteiger charge is -2.37. The second-order valence-electron chi connectivity index (χ2n) is 9.75. The van der Waals surface area contributed by atoms with Gasteiger partial charge in [-0.3, -0.25) is 9.59 Å². The summed E-state index contributed by atoms with van der Waals surface area (Å²) < 4.78 is 7.47. The Balaban J connectivity index is 1.40. The van der Waals surface area contributed by atoms with Gasteiger partial charge in [-0.05, 0) is 42.3 Å². The molecule has 186 valence electrons. The summed E-state index contributed by atoms with van der Waals surface area (Å²) in [5, 5.41) is 2.80. The lowest BCUT2D eigenvalue weighted by molar-refractivity contribution is 0.0540. The number of pyridine rings is 1. The normalized spacial score (nSPS) is 17.9. The highest BCUT2D eigenvalue weighted by Gasteiger charge is 2.32. The van der Waals surface area contributed by atoms with Crippen LogP contribution in [0, 0.1) is 0 Å². The van der Waals surface area contributed by atoms with Crippen molar-refractivity contribution in [1.29, 1.82) is 0 Å². The van der Waals surface area contributed by atoms with Gasteiger partial charge in [-0.2, -0.15) is 0 Å². The molecule has 7 nitrogen and oxygen atoms in total. The van der Waals surface area contributed by atoms with Crippen molar-refractivity contribution < 1.29 is 14.3 Å². The third kappa shape index (κ3) is 4.23. The number of carbonyl (C=O) groups is 2. The van der Waals surface area contributed by atoms with Gasteiger partial charge in [-0.1, -0.05) is 43.2 Å². The Labute approximate surface area is 213 Å². The van der Waals surface area contributed by atoms with Crippen LogP contribution in [0.3, 0.4) is 0 Å². The van der Waals surface area contributed by atoms with E-state index >= 15 is 0 Å². The lowest BCUT2D eigenvalue weighted by Crippen LogP contribution is -2.49. The number of anilines is 1. The zero-order chi connectivity index (χ0) is 24.6. The molecule has 3 aromatic rings. The van der Waals surface area contributed by atoms with Crippen LogP contribution in [0.25, 0.3) is 10.9 Å². The van der Waals surface area contributed by atoms with E-state index in [2.05, 4.69) is 4.90 Å². The lowest BCUT2D eigenvalue weighted by atomic mass is 10.0. The molecule has 8 heteroatoms. The van der Waals surface area contributed by atoms with E-state index in [1.54, 1.807) is 0 Å². The maximum atomic E-state index is 14.0. The minimum Gasteiger partial charge on any atom is -0.457 e. The molecule has 1 aromatic carbocycles. The number of ether oxygens (including phenoxy) is 1. The van der Waals surface area contributed by atoms with Gasteiger partial charge < -0.3 is 19.1 Å². The van der Waals surface area contributed by atoms with Crippen LogP contribution in [0.4, 0.5) is 5.69 Å². The molecule has 2 aliphatic carbocycles. The van der Waals surface area contributed by atoms with Crippen LogP contribution in [-0.2, 0) is 4.74 Å². The second kappa shape index (κ2) is 9.58. The van der Waals surface area contributed by atoms with Gasteiger partial charge in [-0.15, -0.1) is 11.3 Å². The van der Waals surface area contributed by atoms with Gasteiger partial charge in [0, 0.05) is 37.6 Å². The molecule has 0 spiro atoms. The van der Waals surface area contributed by atoms with Gasteiger partial charge in [0.2, 0.25) is 0 Å². The number of amides is 1. The molecule has 1 aliphatic heterocycles.